The van der Waals surface area contributed by atoms with Gasteiger partial charge in [-0.05, 0) is 119 Å². The number of benzene rings is 1. The van der Waals surface area contributed by atoms with Gasteiger partial charge in [0.05, 0.1) is 0 Å². The minimum absolute atomic E-state index is 0. The molecule has 0 aliphatic heterocycles. The van der Waals surface area contributed by atoms with Crippen LogP contribution in [-0.2, 0) is 4.79 Å². The lowest BCUT2D eigenvalue weighted by Gasteiger charge is -1.99. The largest absolute Gasteiger partial charge is 0.508 e. The first kappa shape index (κ1) is 23.7. The van der Waals surface area contributed by atoms with Crippen molar-refractivity contribution in [3.8, 4) is 137 Å². The van der Waals surface area contributed by atoms with Gasteiger partial charge in [-0.2, -0.15) is 0 Å². The molecule has 174 valence electrons. The fourth-order valence-electron chi connectivity index (χ4n) is 1.36. The fraction of sp³-hybridized carbons (Fsp3) is 0. The van der Waals surface area contributed by atoms with E-state index in [-0.39, 0.29) is 30.0 Å². The molecule has 0 unspecified atom stereocenters. The van der Waals surface area contributed by atoms with Gasteiger partial charge in [0, 0.05) is 59.5 Å². The molecule has 0 aromatic heterocycles. The van der Waals surface area contributed by atoms with E-state index in [4.69, 9.17) is 11.5 Å². The lowest BCUT2D eigenvalue weighted by molar-refractivity contribution is -0.111. The Morgan fingerprint density at radius 3 is 1.34 bits per heavy atom. The van der Waals surface area contributed by atoms with Crippen molar-refractivity contribution in [1.82, 2.24) is 0 Å². The van der Waals surface area contributed by atoms with Crippen molar-refractivity contribution in [2.24, 2.45) is 0 Å². The van der Waals surface area contributed by atoms with Crippen molar-refractivity contribution in [3.63, 3.8) is 0 Å². The van der Waals surface area contributed by atoms with Gasteiger partial charge in [-0.15, -0.1) is 6.42 Å². The molecule has 1 amide bonds. The molecule has 0 aliphatic carbocycles. The highest BCUT2D eigenvalue weighted by molar-refractivity contribution is 6.04. The summed E-state index contributed by atoms with van der Waals surface area (Å²) in [7, 11) is 0. The van der Waals surface area contributed by atoms with Gasteiger partial charge in [-0.25, -0.2) is 0 Å². The average molecular weight is 436 g/mol. The minimum atomic E-state index is -0.537. The Morgan fingerprint density at radius 1 is 0.625 bits per heavy atom. The fourth-order valence-corrected chi connectivity index (χ4v) is 1.36. The van der Waals surface area contributed by atoms with E-state index in [1.54, 1.807) is 12.1 Å². The van der Waals surface area contributed by atoms with Gasteiger partial charge >= 0.3 is 5.91 Å². The zero-order chi connectivity index (χ0) is 23.1. The molecular formula is C29H41NO2. The first-order chi connectivity index (χ1) is 15.7. The quantitative estimate of drug-likeness (QED) is 0.472. The molecule has 0 radical (unpaired) electrons. The Hall–Kier alpha value is -6.35. The number of hydrogen-bond donors (Lipinski definition) is 2. The van der Waals surface area contributed by atoms with Gasteiger partial charge in [-0.1, -0.05) is 0 Å². The molecule has 3 nitrogen and oxygen atoms in total. The first-order valence-electron chi connectivity index (χ1n) is 8.29. The van der Waals surface area contributed by atoms with Crippen LogP contribution in [0.2, 0.25) is 0 Å². The number of hydrogen-bond acceptors (Lipinski definition) is 2. The highest BCUT2D eigenvalue weighted by Gasteiger charge is 1.96. The van der Waals surface area contributed by atoms with Gasteiger partial charge in [-0.3, -0.25) is 4.79 Å². The molecule has 1 aromatic carbocycles. The van der Waals surface area contributed by atoms with Crippen LogP contribution in [0.4, 0.5) is 5.69 Å². The number of phenolic OH excluding ortho intramolecular Hbond substituents is 1. The number of phenols is 1. The molecule has 1 aromatic rings. The van der Waals surface area contributed by atoms with Crippen molar-refractivity contribution in [3.05, 3.63) is 24.3 Å². The number of carbonyl (C=O) groups is 1. The maximum Gasteiger partial charge on any atom is 0.301 e. The summed E-state index contributed by atoms with van der Waals surface area (Å²) in [5, 5.41) is 11.7. The van der Waals surface area contributed by atoms with Gasteiger partial charge < -0.3 is 10.4 Å². The monoisotopic (exact) mass is 435 g/mol. The van der Waals surface area contributed by atoms with E-state index < -0.39 is 5.91 Å². The highest BCUT2D eigenvalue weighted by Crippen LogP contribution is 2.13. The predicted octanol–water partition coefficient (Wildman–Crippen LogP) is 5.18. The summed E-state index contributed by atoms with van der Waals surface area (Å²) in [5.41, 5.74) is 0.505. The van der Waals surface area contributed by atoms with Crippen LogP contribution in [0.1, 0.15) is 24.3 Å². The number of aromatic hydroxyl groups is 1. The van der Waals surface area contributed by atoms with Crippen LogP contribution >= 0.6 is 0 Å². The van der Waals surface area contributed by atoms with Crippen LogP contribution in [0.25, 0.3) is 0 Å². The second-order valence-corrected chi connectivity index (χ2v) is 4.65. The molecule has 0 spiro atoms. The first-order valence-corrected chi connectivity index (χ1v) is 8.29. The maximum absolute atomic E-state index is 11.6. The summed E-state index contributed by atoms with van der Waals surface area (Å²) >= 11 is 0. The van der Waals surface area contributed by atoms with Crippen LogP contribution in [-0.4, -0.2) is 11.0 Å². The predicted molar refractivity (Wildman–Crippen MR) is 159 cm³/mol. The van der Waals surface area contributed by atoms with Crippen LogP contribution in [0.5, 0.6) is 5.75 Å². The topological polar surface area (TPSA) is 49.3 Å². The molecule has 0 saturated carbocycles. The summed E-state index contributed by atoms with van der Waals surface area (Å²) in [6, 6.07) is 5.97. The van der Waals surface area contributed by atoms with E-state index in [2.05, 4.69) is 130 Å². The molecule has 0 aliphatic rings. The summed E-state index contributed by atoms with van der Waals surface area (Å²) < 4.78 is 0. The Morgan fingerprint density at radius 2 is 0.969 bits per heavy atom. The molecule has 0 heterocycles. The van der Waals surface area contributed by atoms with Crippen molar-refractivity contribution in [1.29, 1.82) is 0 Å². The molecule has 32 heavy (non-hydrogen) atoms. The van der Waals surface area contributed by atoms with Crippen LogP contribution in [0, 0.1) is 131 Å². The lowest BCUT2D eigenvalue weighted by Crippen LogP contribution is -2.07. The summed E-state index contributed by atoms with van der Waals surface area (Å²) in [4.78, 5) is 11.6. The van der Waals surface area contributed by atoms with Crippen LogP contribution in [0.15, 0.2) is 24.3 Å². The minimum Gasteiger partial charge on any atom is -0.508 e. The molecule has 3 heteroatoms. The number of anilines is 1. The molecule has 0 bridgehead atoms. The number of carbonyl (C=O) groups excluding carboxylic acids is 1. The second kappa shape index (κ2) is 16.8. The average Bonchev–Trinajstić information content (AvgIpc) is 2.79. The number of terminal acetylenes is 1. The third kappa shape index (κ3) is 13.8. The molecule has 1 rings (SSSR count). The third-order valence-electron chi connectivity index (χ3n) is 2.50. The van der Waals surface area contributed by atoms with Crippen LogP contribution in [0.3, 0.4) is 0 Å². The zero-order valence-corrected chi connectivity index (χ0v) is 16.2. The smallest absolute Gasteiger partial charge is 0.301 e. The number of rotatable bonds is 1. The number of amides is 1. The van der Waals surface area contributed by atoms with Crippen molar-refractivity contribution < 1.29 is 34.2 Å². The Bertz CT molecular complexity index is 1610. The summed E-state index contributed by atoms with van der Waals surface area (Å²) in [6.07, 6.45) is 4.92. The SMILES string of the molecule is C#CC#CC#CC#CC#CC#CC#CC#CC#CC#CC#CC(=O)Nc1ccc(O)cc1.[HH].[HH].[HH].[HH].[HH].[HH].[HH].[HH].[HH].[HH].[HH].[HH].[HH].[HH].[HH].[HH].[HH]. The maximum atomic E-state index is 11.6. The molecule has 0 saturated heterocycles. The van der Waals surface area contributed by atoms with Crippen molar-refractivity contribution in [2.45, 2.75) is 0 Å². The van der Waals surface area contributed by atoms with Crippen molar-refractivity contribution >= 4 is 11.6 Å². The normalized spacial score (nSPS) is 5.72. The van der Waals surface area contributed by atoms with E-state index in [9.17, 15) is 4.79 Å². The van der Waals surface area contributed by atoms with Crippen LogP contribution < -0.4 is 5.32 Å². The lowest BCUT2D eigenvalue weighted by atomic mass is 10.3. The van der Waals surface area contributed by atoms with E-state index in [1.807, 2.05) is 0 Å². The molecule has 2 N–H and O–H groups in total. The molecular weight excluding hydrogens is 394 g/mol. The van der Waals surface area contributed by atoms with E-state index >= 15 is 0 Å². The highest BCUT2D eigenvalue weighted by atomic mass is 16.3. The third-order valence-corrected chi connectivity index (χ3v) is 2.50. The Balaban J connectivity index is -0.0000000402. The molecule has 0 fully saturated rings. The van der Waals surface area contributed by atoms with Crippen molar-refractivity contribution in [2.75, 3.05) is 5.32 Å². The van der Waals surface area contributed by atoms with Gasteiger partial charge in [0.25, 0.3) is 0 Å². The van der Waals surface area contributed by atoms with E-state index in [0.717, 1.165) is 0 Å². The van der Waals surface area contributed by atoms with Gasteiger partial charge in [0.2, 0.25) is 0 Å². The zero-order valence-electron chi connectivity index (χ0n) is 16.2. The van der Waals surface area contributed by atoms with Gasteiger partial charge in [0.1, 0.15) is 5.75 Å². The summed E-state index contributed by atoms with van der Waals surface area (Å²) in [5.74, 6) is 50.4. The Labute approximate surface area is 213 Å². The van der Waals surface area contributed by atoms with E-state index in [0.29, 0.717) is 5.69 Å². The standard InChI is InChI=1S/C29H7NO2.17H2/c1-2-3-4-5-6-7-8-9-10-11-12-13-14-15-16-17-18-19-20-21-22-29(32)30-27-23-25-28(31)26-24-27;;;;;;;;;;;;;;;;;/h1,23-26,31H,(H,30,32);17*1H. The second-order valence-electron chi connectivity index (χ2n) is 4.65. The number of nitrogens with one attached hydrogen (secondary N) is 1. The molecule has 0 atom stereocenters. The Kier molecular flexibility index (Phi) is 12.4. The van der Waals surface area contributed by atoms with Gasteiger partial charge in [0.15, 0.2) is 0 Å². The van der Waals surface area contributed by atoms with E-state index in [1.165, 1.54) is 12.1 Å². The summed E-state index contributed by atoms with van der Waals surface area (Å²) in [6.45, 7) is 0.